The van der Waals surface area contributed by atoms with Gasteiger partial charge in [-0.1, -0.05) is 18.2 Å². The standard InChI is InChI=1S/C16H14FNO2/c1-11-6-7-14(15(8-11)19-2)20-10-13-5-3-4-12(9-18)16(13)17/h3-8H,10H2,1-2H3. The predicted molar refractivity (Wildman–Crippen MR) is 73.2 cm³/mol. The van der Waals surface area contributed by atoms with Crippen LogP contribution in [0.25, 0.3) is 0 Å². The van der Waals surface area contributed by atoms with E-state index < -0.39 is 5.82 Å². The summed E-state index contributed by atoms with van der Waals surface area (Å²) in [6.07, 6.45) is 0. The summed E-state index contributed by atoms with van der Waals surface area (Å²) in [7, 11) is 1.55. The van der Waals surface area contributed by atoms with Crippen molar-refractivity contribution in [2.24, 2.45) is 0 Å². The first-order chi connectivity index (χ1) is 9.65. The van der Waals surface area contributed by atoms with Crippen molar-refractivity contribution in [2.75, 3.05) is 7.11 Å². The number of ether oxygens (including phenoxy) is 2. The highest BCUT2D eigenvalue weighted by Crippen LogP contribution is 2.28. The van der Waals surface area contributed by atoms with Crippen molar-refractivity contribution in [3.05, 3.63) is 58.9 Å². The van der Waals surface area contributed by atoms with Gasteiger partial charge in [-0.05, 0) is 30.7 Å². The first-order valence-electron chi connectivity index (χ1n) is 6.10. The normalized spacial score (nSPS) is 9.90. The molecule has 0 spiro atoms. The minimum Gasteiger partial charge on any atom is -0.493 e. The van der Waals surface area contributed by atoms with Crippen molar-refractivity contribution < 1.29 is 13.9 Å². The molecule has 2 rings (SSSR count). The summed E-state index contributed by atoms with van der Waals surface area (Å²) in [6, 6.07) is 12.0. The van der Waals surface area contributed by atoms with Crippen LogP contribution in [0.1, 0.15) is 16.7 Å². The van der Waals surface area contributed by atoms with Crippen molar-refractivity contribution in [2.45, 2.75) is 13.5 Å². The fourth-order valence-electron chi connectivity index (χ4n) is 1.83. The van der Waals surface area contributed by atoms with Gasteiger partial charge >= 0.3 is 0 Å². The largest absolute Gasteiger partial charge is 0.493 e. The van der Waals surface area contributed by atoms with Crippen molar-refractivity contribution in [3.63, 3.8) is 0 Å². The van der Waals surface area contributed by atoms with E-state index in [1.165, 1.54) is 6.07 Å². The predicted octanol–water partition coefficient (Wildman–Crippen LogP) is 3.59. The molecular formula is C16H14FNO2. The van der Waals surface area contributed by atoms with E-state index in [0.29, 0.717) is 17.1 Å². The molecule has 0 aliphatic carbocycles. The van der Waals surface area contributed by atoms with E-state index in [-0.39, 0.29) is 12.2 Å². The molecule has 2 aromatic rings. The average Bonchev–Trinajstić information content (AvgIpc) is 2.47. The van der Waals surface area contributed by atoms with Crippen LogP contribution < -0.4 is 9.47 Å². The second-order valence-corrected chi connectivity index (χ2v) is 4.33. The van der Waals surface area contributed by atoms with Gasteiger partial charge < -0.3 is 9.47 Å². The van der Waals surface area contributed by atoms with E-state index >= 15 is 0 Å². The third kappa shape index (κ3) is 2.89. The van der Waals surface area contributed by atoms with Crippen LogP contribution in [-0.4, -0.2) is 7.11 Å². The van der Waals surface area contributed by atoms with Crippen molar-refractivity contribution in [1.29, 1.82) is 5.26 Å². The fourth-order valence-corrected chi connectivity index (χ4v) is 1.83. The van der Waals surface area contributed by atoms with Gasteiger partial charge in [0.25, 0.3) is 0 Å². The molecule has 0 atom stereocenters. The summed E-state index contributed by atoms with van der Waals surface area (Å²) in [5.41, 5.74) is 1.40. The van der Waals surface area contributed by atoms with Crippen molar-refractivity contribution >= 4 is 0 Å². The molecule has 0 bridgehead atoms. The maximum Gasteiger partial charge on any atom is 0.161 e. The Morgan fingerprint density at radius 2 is 2.00 bits per heavy atom. The van der Waals surface area contributed by atoms with Gasteiger partial charge in [0.15, 0.2) is 11.5 Å². The number of rotatable bonds is 4. The van der Waals surface area contributed by atoms with Gasteiger partial charge in [0.1, 0.15) is 18.5 Å². The molecule has 0 N–H and O–H groups in total. The topological polar surface area (TPSA) is 42.2 Å². The molecule has 0 unspecified atom stereocenters. The number of nitrogens with zero attached hydrogens (tertiary/aromatic N) is 1. The van der Waals surface area contributed by atoms with Crippen molar-refractivity contribution in [1.82, 2.24) is 0 Å². The van der Waals surface area contributed by atoms with E-state index in [4.69, 9.17) is 14.7 Å². The fraction of sp³-hybridized carbons (Fsp3) is 0.188. The maximum atomic E-state index is 13.9. The number of aryl methyl sites for hydroxylation is 1. The van der Waals surface area contributed by atoms with Crippen molar-refractivity contribution in [3.8, 4) is 17.6 Å². The van der Waals surface area contributed by atoms with E-state index in [0.717, 1.165) is 5.56 Å². The third-order valence-electron chi connectivity index (χ3n) is 2.90. The van der Waals surface area contributed by atoms with Crippen LogP contribution in [-0.2, 0) is 6.61 Å². The molecule has 2 aromatic carbocycles. The molecule has 20 heavy (non-hydrogen) atoms. The molecule has 0 saturated heterocycles. The second kappa shape index (κ2) is 6.07. The molecule has 0 saturated carbocycles. The molecule has 0 heterocycles. The average molecular weight is 271 g/mol. The first kappa shape index (κ1) is 13.9. The lowest BCUT2D eigenvalue weighted by Gasteiger charge is -2.12. The molecule has 4 heteroatoms. The van der Waals surface area contributed by atoms with E-state index in [2.05, 4.69) is 0 Å². The van der Waals surface area contributed by atoms with Crippen LogP contribution in [0.3, 0.4) is 0 Å². The number of hydrogen-bond donors (Lipinski definition) is 0. The minimum absolute atomic E-state index is 0.0157. The summed E-state index contributed by atoms with van der Waals surface area (Å²) >= 11 is 0. The zero-order valence-corrected chi connectivity index (χ0v) is 11.3. The number of halogens is 1. The zero-order valence-electron chi connectivity index (χ0n) is 11.3. The summed E-state index contributed by atoms with van der Waals surface area (Å²) in [6.45, 7) is 1.99. The van der Waals surface area contributed by atoms with Gasteiger partial charge in [0.05, 0.1) is 12.7 Å². The molecular weight excluding hydrogens is 257 g/mol. The Morgan fingerprint density at radius 3 is 2.70 bits per heavy atom. The summed E-state index contributed by atoms with van der Waals surface area (Å²) < 4.78 is 24.7. The van der Waals surface area contributed by atoms with Gasteiger partial charge in [-0.3, -0.25) is 0 Å². The number of hydrogen-bond acceptors (Lipinski definition) is 3. The molecule has 0 aromatic heterocycles. The van der Waals surface area contributed by atoms with E-state index in [1.807, 2.05) is 25.1 Å². The number of benzene rings is 2. The van der Waals surface area contributed by atoms with Gasteiger partial charge in [-0.15, -0.1) is 0 Å². The van der Waals surface area contributed by atoms with Crippen LogP contribution in [0.15, 0.2) is 36.4 Å². The SMILES string of the molecule is COc1cc(C)ccc1OCc1cccc(C#N)c1F. The second-order valence-electron chi connectivity index (χ2n) is 4.33. The lowest BCUT2D eigenvalue weighted by atomic mass is 10.1. The molecule has 0 amide bonds. The Labute approximate surface area is 117 Å². The van der Waals surface area contributed by atoms with Gasteiger partial charge in [0, 0.05) is 5.56 Å². The molecule has 3 nitrogen and oxygen atoms in total. The van der Waals surface area contributed by atoms with E-state index in [9.17, 15) is 4.39 Å². The Hall–Kier alpha value is -2.54. The lowest BCUT2D eigenvalue weighted by Crippen LogP contribution is -2.01. The van der Waals surface area contributed by atoms with Crippen LogP contribution in [0.2, 0.25) is 0 Å². The van der Waals surface area contributed by atoms with Crippen LogP contribution in [0.5, 0.6) is 11.5 Å². The Balaban J connectivity index is 2.19. The Bertz CT molecular complexity index is 662. The molecule has 102 valence electrons. The quantitative estimate of drug-likeness (QED) is 0.853. The van der Waals surface area contributed by atoms with Crippen LogP contribution in [0, 0.1) is 24.1 Å². The highest BCUT2D eigenvalue weighted by Gasteiger charge is 2.10. The zero-order chi connectivity index (χ0) is 14.5. The Kier molecular flexibility index (Phi) is 4.21. The first-order valence-corrected chi connectivity index (χ1v) is 6.10. The Morgan fingerprint density at radius 1 is 1.20 bits per heavy atom. The highest BCUT2D eigenvalue weighted by atomic mass is 19.1. The smallest absolute Gasteiger partial charge is 0.161 e. The van der Waals surface area contributed by atoms with Crippen LogP contribution >= 0.6 is 0 Å². The summed E-state index contributed by atoms with van der Waals surface area (Å²) in [5.74, 6) is 0.600. The van der Waals surface area contributed by atoms with Crippen LogP contribution in [0.4, 0.5) is 4.39 Å². The summed E-state index contributed by atoms with van der Waals surface area (Å²) in [4.78, 5) is 0. The molecule has 0 fully saturated rings. The van der Waals surface area contributed by atoms with Gasteiger partial charge in [0.2, 0.25) is 0 Å². The number of methoxy groups -OCH3 is 1. The molecule has 0 radical (unpaired) electrons. The molecule has 0 aliphatic rings. The summed E-state index contributed by atoms with van der Waals surface area (Å²) in [5, 5.41) is 8.79. The van der Waals surface area contributed by atoms with Gasteiger partial charge in [-0.25, -0.2) is 4.39 Å². The monoisotopic (exact) mass is 271 g/mol. The highest BCUT2D eigenvalue weighted by molar-refractivity contribution is 5.43. The lowest BCUT2D eigenvalue weighted by molar-refractivity contribution is 0.279. The minimum atomic E-state index is -0.541. The maximum absolute atomic E-state index is 13.9. The molecule has 0 aliphatic heterocycles. The number of nitriles is 1. The third-order valence-corrected chi connectivity index (χ3v) is 2.90. The van der Waals surface area contributed by atoms with E-state index in [1.54, 1.807) is 25.3 Å². The van der Waals surface area contributed by atoms with Gasteiger partial charge in [-0.2, -0.15) is 5.26 Å².